The molecule has 3 aromatic rings. The van der Waals surface area contributed by atoms with Crippen LogP contribution in [0.15, 0.2) is 60.9 Å². The Morgan fingerprint density at radius 3 is 2.46 bits per heavy atom. The first-order valence-corrected chi connectivity index (χ1v) is 7.85. The quantitative estimate of drug-likeness (QED) is 0.685. The predicted octanol–water partition coefficient (Wildman–Crippen LogP) is 3.77. The lowest BCUT2D eigenvalue weighted by Crippen LogP contribution is -2.16. The minimum atomic E-state index is -0.740. The number of nitrogens with one attached hydrogen (secondary N) is 2. The second-order valence-electron chi connectivity index (χ2n) is 5.19. The van der Waals surface area contributed by atoms with Crippen molar-refractivity contribution in [2.24, 2.45) is 0 Å². The number of amides is 2. The number of hydrogen-bond donors (Lipinski definition) is 2. The van der Waals surface area contributed by atoms with E-state index < -0.39 is 17.6 Å². The molecule has 0 fully saturated rings. The molecular formula is C18H12ClFN4O2. The molecule has 0 aliphatic carbocycles. The Bertz CT molecular complexity index is 949. The van der Waals surface area contributed by atoms with Crippen molar-refractivity contribution in [3.05, 3.63) is 83.2 Å². The Morgan fingerprint density at radius 2 is 1.81 bits per heavy atom. The van der Waals surface area contributed by atoms with E-state index in [0.29, 0.717) is 10.8 Å². The molecule has 1 aromatic carbocycles. The first kappa shape index (κ1) is 17.5. The third kappa shape index (κ3) is 4.20. The highest BCUT2D eigenvalue weighted by molar-refractivity contribution is 6.29. The number of nitrogens with zero attached hydrogens (tertiary/aromatic N) is 2. The molecule has 0 spiro atoms. The third-order valence-corrected chi connectivity index (χ3v) is 3.59. The van der Waals surface area contributed by atoms with E-state index in [4.69, 9.17) is 11.6 Å². The summed E-state index contributed by atoms with van der Waals surface area (Å²) in [6.07, 6.45) is 2.85. The van der Waals surface area contributed by atoms with E-state index in [1.165, 1.54) is 36.7 Å². The lowest BCUT2D eigenvalue weighted by Gasteiger charge is -2.09. The Balaban J connectivity index is 1.71. The average Bonchev–Trinajstić information content (AvgIpc) is 2.66. The van der Waals surface area contributed by atoms with Crippen LogP contribution in [0.1, 0.15) is 20.8 Å². The molecule has 2 heterocycles. The van der Waals surface area contributed by atoms with Gasteiger partial charge in [-0.2, -0.15) is 0 Å². The van der Waals surface area contributed by atoms with E-state index in [2.05, 4.69) is 20.6 Å². The molecule has 0 aliphatic heterocycles. The molecule has 2 aromatic heterocycles. The smallest absolute Gasteiger partial charge is 0.274 e. The third-order valence-electron chi connectivity index (χ3n) is 3.36. The van der Waals surface area contributed by atoms with Crippen LogP contribution in [0.3, 0.4) is 0 Å². The van der Waals surface area contributed by atoms with Crippen molar-refractivity contribution in [2.75, 3.05) is 10.6 Å². The number of carbonyl (C=O) groups is 2. The number of pyridine rings is 2. The Morgan fingerprint density at radius 1 is 0.962 bits per heavy atom. The van der Waals surface area contributed by atoms with Crippen molar-refractivity contribution < 1.29 is 14.0 Å². The number of aromatic nitrogens is 2. The predicted molar refractivity (Wildman–Crippen MR) is 95.8 cm³/mol. The number of anilines is 2. The fourth-order valence-electron chi connectivity index (χ4n) is 2.09. The van der Waals surface area contributed by atoms with Crippen LogP contribution in [0.2, 0.25) is 5.15 Å². The summed E-state index contributed by atoms with van der Waals surface area (Å²) in [6.45, 7) is 0. The average molecular weight is 371 g/mol. The van der Waals surface area contributed by atoms with E-state index in [1.807, 2.05) is 0 Å². The van der Waals surface area contributed by atoms with E-state index in [1.54, 1.807) is 18.2 Å². The van der Waals surface area contributed by atoms with Gasteiger partial charge in [0.15, 0.2) is 0 Å². The summed E-state index contributed by atoms with van der Waals surface area (Å²) in [4.78, 5) is 31.9. The van der Waals surface area contributed by atoms with Crippen LogP contribution in [0, 0.1) is 5.82 Å². The van der Waals surface area contributed by atoms with Crippen molar-refractivity contribution in [3.8, 4) is 0 Å². The second-order valence-corrected chi connectivity index (χ2v) is 5.57. The van der Waals surface area contributed by atoms with Crippen molar-refractivity contribution >= 4 is 34.8 Å². The second kappa shape index (κ2) is 7.71. The molecular weight excluding hydrogens is 359 g/mol. The molecule has 3 rings (SSSR count). The largest absolute Gasteiger partial charge is 0.321 e. The van der Waals surface area contributed by atoms with Gasteiger partial charge < -0.3 is 10.6 Å². The molecule has 0 saturated carbocycles. The van der Waals surface area contributed by atoms with Gasteiger partial charge in [-0.1, -0.05) is 17.7 Å². The Labute approximate surface area is 153 Å². The van der Waals surface area contributed by atoms with Gasteiger partial charge >= 0.3 is 0 Å². The van der Waals surface area contributed by atoms with Crippen LogP contribution >= 0.6 is 11.6 Å². The van der Waals surface area contributed by atoms with Gasteiger partial charge in [0.05, 0.1) is 17.6 Å². The zero-order chi connectivity index (χ0) is 18.5. The molecule has 0 aliphatic rings. The summed E-state index contributed by atoms with van der Waals surface area (Å²) in [6, 6.07) is 11.7. The van der Waals surface area contributed by atoms with Gasteiger partial charge in [-0.15, -0.1) is 0 Å². The van der Waals surface area contributed by atoms with Crippen molar-refractivity contribution in [1.29, 1.82) is 0 Å². The monoisotopic (exact) mass is 370 g/mol. The van der Waals surface area contributed by atoms with Crippen molar-refractivity contribution in [1.82, 2.24) is 9.97 Å². The number of carbonyl (C=O) groups excluding carboxylic acids is 2. The number of halogens is 2. The minimum Gasteiger partial charge on any atom is -0.321 e. The van der Waals surface area contributed by atoms with Crippen LogP contribution in [0.4, 0.5) is 15.8 Å². The fourth-order valence-corrected chi connectivity index (χ4v) is 2.21. The molecule has 0 saturated heterocycles. The van der Waals surface area contributed by atoms with Crippen molar-refractivity contribution in [3.63, 3.8) is 0 Å². The highest BCUT2D eigenvalue weighted by Gasteiger charge is 2.13. The number of rotatable bonds is 4. The summed E-state index contributed by atoms with van der Waals surface area (Å²) in [5.74, 6) is -1.80. The molecule has 6 nitrogen and oxygen atoms in total. The first-order valence-electron chi connectivity index (χ1n) is 7.48. The summed E-state index contributed by atoms with van der Waals surface area (Å²) in [5, 5.41) is 5.28. The van der Waals surface area contributed by atoms with Gasteiger partial charge in [0.25, 0.3) is 11.8 Å². The summed E-state index contributed by atoms with van der Waals surface area (Å²) >= 11 is 5.68. The highest BCUT2D eigenvalue weighted by Crippen LogP contribution is 2.18. The fraction of sp³-hybridized carbons (Fsp3) is 0. The number of hydrogen-bond acceptors (Lipinski definition) is 4. The van der Waals surface area contributed by atoms with Gasteiger partial charge in [-0.05, 0) is 42.5 Å². The zero-order valence-corrected chi connectivity index (χ0v) is 14.0. The first-order chi connectivity index (χ1) is 12.5. The minimum absolute atomic E-state index is 0.0506. The summed E-state index contributed by atoms with van der Waals surface area (Å²) < 4.78 is 14.2. The van der Waals surface area contributed by atoms with E-state index >= 15 is 0 Å². The standard InChI is InChI=1S/C18H12ClFN4O2/c19-16-7-5-12(10-22-16)23-17(25)11-4-6-14(13(20)9-11)24-18(26)15-3-1-2-8-21-15/h1-10H,(H,23,25)(H,24,26). The summed E-state index contributed by atoms with van der Waals surface area (Å²) in [5.41, 5.74) is 0.620. The zero-order valence-electron chi connectivity index (χ0n) is 13.2. The SMILES string of the molecule is O=C(Nc1ccc(Cl)nc1)c1ccc(NC(=O)c2ccccn2)c(F)c1. The van der Waals surface area contributed by atoms with E-state index in [-0.39, 0.29) is 16.9 Å². The van der Waals surface area contributed by atoms with Crippen LogP contribution in [-0.2, 0) is 0 Å². The van der Waals surface area contributed by atoms with Crippen LogP contribution < -0.4 is 10.6 Å². The molecule has 8 heteroatoms. The molecule has 0 radical (unpaired) electrons. The lowest BCUT2D eigenvalue weighted by molar-refractivity contribution is 0.101. The molecule has 0 bridgehead atoms. The van der Waals surface area contributed by atoms with E-state index in [0.717, 1.165) is 6.07 Å². The van der Waals surface area contributed by atoms with Gasteiger partial charge in [0, 0.05) is 11.8 Å². The number of benzene rings is 1. The highest BCUT2D eigenvalue weighted by atomic mass is 35.5. The van der Waals surface area contributed by atoms with Gasteiger partial charge in [-0.25, -0.2) is 9.37 Å². The maximum Gasteiger partial charge on any atom is 0.274 e. The molecule has 26 heavy (non-hydrogen) atoms. The van der Waals surface area contributed by atoms with E-state index in [9.17, 15) is 14.0 Å². The topological polar surface area (TPSA) is 84.0 Å². The lowest BCUT2D eigenvalue weighted by atomic mass is 10.1. The van der Waals surface area contributed by atoms with Gasteiger partial charge in [0.2, 0.25) is 0 Å². The van der Waals surface area contributed by atoms with Gasteiger partial charge in [-0.3, -0.25) is 14.6 Å². The van der Waals surface area contributed by atoms with Crippen LogP contribution in [-0.4, -0.2) is 21.8 Å². The van der Waals surface area contributed by atoms with Crippen molar-refractivity contribution in [2.45, 2.75) is 0 Å². The molecule has 0 unspecified atom stereocenters. The van der Waals surface area contributed by atoms with Crippen LogP contribution in [0.5, 0.6) is 0 Å². The normalized spacial score (nSPS) is 10.2. The molecule has 0 atom stereocenters. The maximum absolute atomic E-state index is 14.2. The Hall–Kier alpha value is -3.32. The maximum atomic E-state index is 14.2. The molecule has 130 valence electrons. The summed E-state index contributed by atoms with van der Waals surface area (Å²) in [7, 11) is 0. The molecule has 2 N–H and O–H groups in total. The molecule has 2 amide bonds. The van der Waals surface area contributed by atoms with Gasteiger partial charge in [0.1, 0.15) is 16.7 Å². The van der Waals surface area contributed by atoms with Crippen LogP contribution in [0.25, 0.3) is 0 Å². The Kier molecular flexibility index (Phi) is 5.19.